The molecular formula is C4H5N3O. The van der Waals surface area contributed by atoms with Crippen molar-refractivity contribution in [2.45, 2.75) is 0 Å². The summed E-state index contributed by atoms with van der Waals surface area (Å²) in [4.78, 5) is 3.70. The summed E-state index contributed by atoms with van der Waals surface area (Å²) in [6.45, 7) is 0. The van der Waals surface area contributed by atoms with E-state index in [-0.39, 0.29) is 0 Å². The van der Waals surface area contributed by atoms with Crippen molar-refractivity contribution < 1.29 is 5.21 Å². The Morgan fingerprint density at radius 1 is 1.75 bits per heavy atom. The van der Waals surface area contributed by atoms with E-state index >= 15 is 0 Å². The molecule has 1 aromatic rings. The molecule has 0 saturated carbocycles. The number of hydrogen-bond donors (Lipinski definition) is 1. The Balaban J connectivity index is 2.77. The molecule has 0 aliphatic carbocycles. The Hall–Kier alpha value is -1.32. The molecule has 0 unspecified atom stereocenters. The predicted molar refractivity (Wildman–Crippen MR) is 27.9 cm³/mol. The minimum absolute atomic E-state index is 1.24. The molecule has 1 rings (SSSR count). The lowest BCUT2D eigenvalue weighted by Gasteiger charge is -1.81. The molecule has 42 valence electrons. The molecule has 0 aliphatic heterocycles. The summed E-state index contributed by atoms with van der Waals surface area (Å²) in [5, 5.41) is 10.7. The molecule has 0 amide bonds. The molecule has 0 aromatic carbocycles. The van der Waals surface area contributed by atoms with Gasteiger partial charge in [-0.25, -0.2) is 4.98 Å². The molecule has 0 aliphatic rings. The number of imidazole rings is 1. The molecule has 0 atom stereocenters. The van der Waals surface area contributed by atoms with Crippen LogP contribution in [0.25, 0.3) is 0 Å². The van der Waals surface area contributed by atoms with Crippen molar-refractivity contribution in [2.75, 3.05) is 0 Å². The average Bonchev–Trinajstić information content (AvgIpc) is 2.19. The van der Waals surface area contributed by atoms with Crippen LogP contribution in [0.1, 0.15) is 0 Å². The monoisotopic (exact) mass is 111 g/mol. The van der Waals surface area contributed by atoms with Gasteiger partial charge < -0.3 is 5.21 Å². The van der Waals surface area contributed by atoms with E-state index < -0.39 is 0 Å². The molecule has 1 heterocycles. The van der Waals surface area contributed by atoms with Crippen molar-refractivity contribution in [3.63, 3.8) is 0 Å². The lowest BCUT2D eigenvalue weighted by atomic mass is 10.9. The normalized spacial score (nSPS) is 10.5. The Morgan fingerprint density at radius 3 is 3.12 bits per heavy atom. The maximum atomic E-state index is 7.96. The maximum absolute atomic E-state index is 7.96. The smallest absolute Gasteiger partial charge is 0.140 e. The Kier molecular flexibility index (Phi) is 1.27. The summed E-state index contributed by atoms with van der Waals surface area (Å²) < 4.78 is 1.53. The second-order valence-electron chi connectivity index (χ2n) is 1.24. The zero-order valence-corrected chi connectivity index (χ0v) is 4.10. The average molecular weight is 111 g/mol. The van der Waals surface area contributed by atoms with Gasteiger partial charge in [-0.2, -0.15) is 0 Å². The second-order valence-corrected chi connectivity index (χ2v) is 1.24. The first-order chi connectivity index (χ1) is 3.93. The molecule has 0 bridgehead atoms. The molecule has 0 fully saturated rings. The van der Waals surface area contributed by atoms with Gasteiger partial charge in [-0.1, -0.05) is 5.16 Å². The molecule has 0 spiro atoms. The summed E-state index contributed by atoms with van der Waals surface area (Å²) in [6, 6.07) is 0. The molecule has 0 radical (unpaired) electrons. The van der Waals surface area contributed by atoms with Crippen LogP contribution in [0.3, 0.4) is 0 Å². The van der Waals surface area contributed by atoms with Gasteiger partial charge in [0.1, 0.15) is 6.34 Å². The largest absolute Gasteiger partial charge is 0.410 e. The Labute approximate surface area is 46.1 Å². The van der Waals surface area contributed by atoms with Crippen LogP contribution in [0.5, 0.6) is 0 Å². The zero-order chi connectivity index (χ0) is 5.82. The third-order valence-electron chi connectivity index (χ3n) is 0.710. The first-order valence-electron chi connectivity index (χ1n) is 2.08. The van der Waals surface area contributed by atoms with Crippen LogP contribution >= 0.6 is 0 Å². The first-order valence-corrected chi connectivity index (χ1v) is 2.08. The van der Waals surface area contributed by atoms with Crippen molar-refractivity contribution in [3.05, 3.63) is 18.7 Å². The van der Waals surface area contributed by atoms with Crippen LogP contribution in [0.15, 0.2) is 23.9 Å². The van der Waals surface area contributed by atoms with Crippen molar-refractivity contribution in [2.24, 2.45) is 5.16 Å². The summed E-state index contributed by atoms with van der Waals surface area (Å²) in [5.74, 6) is 0. The third-order valence-corrected chi connectivity index (χ3v) is 0.710. The summed E-state index contributed by atoms with van der Waals surface area (Å²) in [5.41, 5.74) is 0. The van der Waals surface area contributed by atoms with Crippen molar-refractivity contribution in [1.29, 1.82) is 0 Å². The highest BCUT2D eigenvalue weighted by Gasteiger charge is 1.77. The van der Waals surface area contributed by atoms with Gasteiger partial charge in [0, 0.05) is 12.4 Å². The summed E-state index contributed by atoms with van der Waals surface area (Å²) in [7, 11) is 0. The van der Waals surface area contributed by atoms with E-state index in [1.807, 2.05) is 0 Å². The number of rotatable bonds is 1. The van der Waals surface area contributed by atoms with Crippen LogP contribution in [-0.2, 0) is 0 Å². The van der Waals surface area contributed by atoms with Crippen molar-refractivity contribution >= 4 is 6.34 Å². The number of hydrogen-bond acceptors (Lipinski definition) is 3. The quantitative estimate of drug-likeness (QED) is 0.243. The van der Waals surface area contributed by atoms with E-state index in [2.05, 4.69) is 10.1 Å². The molecule has 8 heavy (non-hydrogen) atoms. The fourth-order valence-electron chi connectivity index (χ4n) is 0.397. The molecular weight excluding hydrogens is 106 g/mol. The van der Waals surface area contributed by atoms with E-state index in [0.717, 1.165) is 0 Å². The zero-order valence-electron chi connectivity index (χ0n) is 4.10. The predicted octanol–water partition coefficient (Wildman–Crippen LogP) is 0.149. The van der Waals surface area contributed by atoms with E-state index in [9.17, 15) is 0 Å². The number of aromatic nitrogens is 2. The van der Waals surface area contributed by atoms with Crippen LogP contribution in [0.2, 0.25) is 0 Å². The van der Waals surface area contributed by atoms with Gasteiger partial charge in [-0.15, -0.1) is 0 Å². The minimum Gasteiger partial charge on any atom is -0.410 e. The Bertz CT molecular complexity index is 167. The van der Waals surface area contributed by atoms with Crippen LogP contribution < -0.4 is 0 Å². The highest BCUT2D eigenvalue weighted by molar-refractivity contribution is 5.56. The van der Waals surface area contributed by atoms with Crippen LogP contribution in [-0.4, -0.2) is 21.1 Å². The molecule has 0 saturated heterocycles. The van der Waals surface area contributed by atoms with Gasteiger partial charge in [0.05, 0.1) is 6.33 Å². The van der Waals surface area contributed by atoms with Crippen LogP contribution in [0.4, 0.5) is 0 Å². The lowest BCUT2D eigenvalue weighted by molar-refractivity contribution is 0.320. The lowest BCUT2D eigenvalue weighted by Crippen LogP contribution is -1.88. The van der Waals surface area contributed by atoms with Gasteiger partial charge in [0.25, 0.3) is 0 Å². The van der Waals surface area contributed by atoms with Crippen molar-refractivity contribution in [3.8, 4) is 0 Å². The van der Waals surface area contributed by atoms with Gasteiger partial charge in [0.2, 0.25) is 0 Å². The van der Waals surface area contributed by atoms with E-state index in [4.69, 9.17) is 5.21 Å². The third kappa shape index (κ3) is 0.841. The molecule has 1 aromatic heterocycles. The molecule has 4 nitrogen and oxygen atoms in total. The molecule has 1 N–H and O–H groups in total. The fraction of sp³-hybridized carbons (Fsp3) is 0. The summed E-state index contributed by atoms with van der Waals surface area (Å²) >= 11 is 0. The summed E-state index contributed by atoms with van der Waals surface area (Å²) in [6.07, 6.45) is 6.04. The van der Waals surface area contributed by atoms with Gasteiger partial charge in [0.15, 0.2) is 0 Å². The first kappa shape index (κ1) is 4.83. The number of nitrogens with zero attached hydrogens (tertiary/aromatic N) is 3. The topological polar surface area (TPSA) is 50.4 Å². The van der Waals surface area contributed by atoms with Gasteiger partial charge in [-0.3, -0.25) is 4.57 Å². The van der Waals surface area contributed by atoms with E-state index in [1.165, 1.54) is 17.2 Å². The van der Waals surface area contributed by atoms with E-state index in [1.54, 1.807) is 12.4 Å². The van der Waals surface area contributed by atoms with Crippen molar-refractivity contribution in [1.82, 2.24) is 9.55 Å². The Morgan fingerprint density at radius 2 is 2.62 bits per heavy atom. The highest BCUT2D eigenvalue weighted by atomic mass is 16.4. The maximum Gasteiger partial charge on any atom is 0.140 e. The molecule has 4 heteroatoms. The van der Waals surface area contributed by atoms with E-state index in [0.29, 0.717) is 0 Å². The second kappa shape index (κ2) is 2.11. The number of oxime groups is 1. The standard InChI is InChI=1S/C4H5N3O/c8-6-4-7-2-1-5-3-7/h1-4,8H/b6-4-. The van der Waals surface area contributed by atoms with Gasteiger partial charge >= 0.3 is 0 Å². The minimum atomic E-state index is 1.24. The van der Waals surface area contributed by atoms with Gasteiger partial charge in [-0.05, 0) is 0 Å². The highest BCUT2D eigenvalue weighted by Crippen LogP contribution is 1.76. The van der Waals surface area contributed by atoms with Crippen LogP contribution in [0, 0.1) is 0 Å². The SMILES string of the molecule is O/N=C\n1ccnc1. The fourth-order valence-corrected chi connectivity index (χ4v) is 0.397.